The lowest BCUT2D eigenvalue weighted by molar-refractivity contribution is -0.617. The van der Waals surface area contributed by atoms with Crippen LogP contribution in [0.1, 0.15) is 0 Å². The Balaban J connectivity index is 0.00000168. The zero-order valence-electron chi connectivity index (χ0n) is 14.2. The molecule has 5 rings (SSSR count). The highest BCUT2D eigenvalue weighted by Crippen LogP contribution is 2.34. The van der Waals surface area contributed by atoms with Crippen molar-refractivity contribution in [1.82, 2.24) is 4.40 Å². The van der Waals surface area contributed by atoms with Crippen molar-refractivity contribution in [1.29, 1.82) is 0 Å². The van der Waals surface area contributed by atoms with Crippen molar-refractivity contribution in [3.8, 4) is 11.1 Å². The lowest BCUT2D eigenvalue weighted by atomic mass is 10.00. The second-order valence-corrected chi connectivity index (χ2v) is 6.78. The number of pyridine rings is 1. The predicted octanol–water partition coefficient (Wildman–Crippen LogP) is 2.39. The first-order valence-corrected chi connectivity index (χ1v) is 8.68. The number of aromatic nitrogens is 2. The van der Waals surface area contributed by atoms with E-state index < -0.39 is 0 Å². The molecular weight excluding hydrogens is 408 g/mol. The molecule has 0 saturated carbocycles. The van der Waals surface area contributed by atoms with Gasteiger partial charge >= 0.3 is 0 Å². The number of hydrogen-bond acceptors (Lipinski definition) is 0. The van der Waals surface area contributed by atoms with Crippen LogP contribution in [0.15, 0.2) is 79.0 Å². The molecule has 0 unspecified atom stereocenters. The molecule has 0 aliphatic heterocycles. The number of rotatable bonds is 1. The summed E-state index contributed by atoms with van der Waals surface area (Å²) in [6.45, 7) is 0. The van der Waals surface area contributed by atoms with Crippen molar-refractivity contribution in [3.63, 3.8) is 0 Å². The molecule has 0 spiro atoms. The smallest absolute Gasteiger partial charge is 0.295 e. The molecule has 0 atom stereocenters. The lowest BCUT2D eigenvalue weighted by Crippen LogP contribution is -3.00. The Morgan fingerprint density at radius 1 is 0.846 bits per heavy atom. The number of halogens is 2. The molecule has 3 aromatic carbocycles. The van der Waals surface area contributed by atoms with E-state index in [4.69, 9.17) is 11.6 Å². The van der Waals surface area contributed by atoms with Crippen LogP contribution in [0.5, 0.6) is 0 Å². The standard InChI is InChI=1S/C22H16ClN2.BrH/c1-24-19-8-4-5-9-20(19)25-14-16-6-2-3-7-18(16)21(22(24)25)15-10-12-17(23)13-11-15;/h2-14H,1H3;1H/q+1;/p-1. The van der Waals surface area contributed by atoms with E-state index in [2.05, 4.69) is 82.9 Å². The molecule has 26 heavy (non-hydrogen) atoms. The van der Waals surface area contributed by atoms with Crippen molar-refractivity contribution in [3.05, 3.63) is 84.0 Å². The van der Waals surface area contributed by atoms with Gasteiger partial charge in [0.15, 0.2) is 11.0 Å². The van der Waals surface area contributed by atoms with E-state index in [0.29, 0.717) is 0 Å². The molecule has 0 aliphatic rings. The third-order valence-corrected chi connectivity index (χ3v) is 5.16. The Kier molecular flexibility index (Phi) is 4.22. The molecule has 0 radical (unpaired) electrons. The van der Waals surface area contributed by atoms with Crippen LogP contribution < -0.4 is 21.5 Å². The van der Waals surface area contributed by atoms with E-state index >= 15 is 0 Å². The molecule has 4 heteroatoms. The first-order chi connectivity index (χ1) is 12.2. The van der Waals surface area contributed by atoms with Gasteiger partial charge in [-0.15, -0.1) is 0 Å². The Morgan fingerprint density at radius 2 is 1.54 bits per heavy atom. The highest BCUT2D eigenvalue weighted by molar-refractivity contribution is 6.30. The summed E-state index contributed by atoms with van der Waals surface area (Å²) in [6, 6.07) is 25.2. The fraction of sp³-hybridized carbons (Fsp3) is 0.0455. The Bertz CT molecular complexity index is 1260. The van der Waals surface area contributed by atoms with Crippen molar-refractivity contribution in [2.45, 2.75) is 0 Å². The summed E-state index contributed by atoms with van der Waals surface area (Å²) in [5.74, 6) is 0. The molecule has 0 bridgehead atoms. The van der Waals surface area contributed by atoms with Crippen molar-refractivity contribution in [2.24, 2.45) is 7.05 Å². The molecule has 0 N–H and O–H groups in total. The average Bonchev–Trinajstić information content (AvgIpc) is 2.93. The lowest BCUT2D eigenvalue weighted by Gasteiger charge is -2.07. The summed E-state index contributed by atoms with van der Waals surface area (Å²) in [5.41, 5.74) is 6.01. The van der Waals surface area contributed by atoms with E-state index in [1.807, 2.05) is 12.1 Å². The number of imidazole rings is 1. The maximum Gasteiger partial charge on any atom is 0.295 e. The van der Waals surface area contributed by atoms with Gasteiger partial charge < -0.3 is 17.0 Å². The Hall–Kier alpha value is -2.36. The van der Waals surface area contributed by atoms with Crippen LogP contribution in [0.4, 0.5) is 0 Å². The monoisotopic (exact) mass is 422 g/mol. The van der Waals surface area contributed by atoms with Crippen molar-refractivity contribution in [2.75, 3.05) is 0 Å². The normalized spacial score (nSPS) is 11.2. The number of fused-ring (bicyclic) bond motifs is 4. The molecular formula is C22H16BrClN2. The van der Waals surface area contributed by atoms with E-state index in [1.54, 1.807) is 0 Å². The van der Waals surface area contributed by atoms with Crippen molar-refractivity contribution < 1.29 is 21.5 Å². The minimum atomic E-state index is 0. The second kappa shape index (κ2) is 6.42. The summed E-state index contributed by atoms with van der Waals surface area (Å²) >= 11 is 6.12. The molecule has 0 fully saturated rings. The first-order valence-electron chi connectivity index (χ1n) is 8.30. The van der Waals surface area contributed by atoms with Gasteiger partial charge in [0.1, 0.15) is 6.20 Å². The van der Waals surface area contributed by atoms with Crippen LogP contribution in [0.25, 0.3) is 38.6 Å². The molecule has 2 heterocycles. The summed E-state index contributed by atoms with van der Waals surface area (Å²) in [6.07, 6.45) is 2.23. The third kappa shape index (κ3) is 2.43. The van der Waals surface area contributed by atoms with Crippen molar-refractivity contribution >= 4 is 39.1 Å². The number of aryl methyl sites for hydroxylation is 1. The highest BCUT2D eigenvalue weighted by atomic mass is 79.9. The van der Waals surface area contributed by atoms with Crippen LogP contribution in [0, 0.1) is 0 Å². The SMILES string of the molecule is C[n+]1c2ccccc2n2cc3ccccc3c(-c3ccc(Cl)cc3)c21.[Br-]. The molecule has 2 nitrogen and oxygen atoms in total. The summed E-state index contributed by atoms with van der Waals surface area (Å²) in [7, 11) is 2.13. The van der Waals surface area contributed by atoms with E-state index in [0.717, 1.165) is 5.02 Å². The van der Waals surface area contributed by atoms with Gasteiger partial charge in [0.05, 0.1) is 12.6 Å². The van der Waals surface area contributed by atoms with Gasteiger partial charge in [-0.3, -0.25) is 0 Å². The van der Waals surface area contributed by atoms with Gasteiger partial charge in [-0.1, -0.05) is 60.1 Å². The van der Waals surface area contributed by atoms with Gasteiger partial charge in [-0.25, -0.2) is 4.57 Å². The summed E-state index contributed by atoms with van der Waals surface area (Å²) < 4.78 is 4.56. The minimum Gasteiger partial charge on any atom is -1.00 e. The predicted molar refractivity (Wildman–Crippen MR) is 104 cm³/mol. The number of hydrogen-bond donors (Lipinski definition) is 0. The minimum absolute atomic E-state index is 0. The van der Waals surface area contributed by atoms with E-state index in [1.165, 1.54) is 38.6 Å². The summed E-state index contributed by atoms with van der Waals surface area (Å²) in [4.78, 5) is 0. The maximum atomic E-state index is 6.12. The van der Waals surface area contributed by atoms with Gasteiger partial charge in [0.25, 0.3) is 5.65 Å². The van der Waals surface area contributed by atoms with Crippen LogP contribution in [0.3, 0.4) is 0 Å². The highest BCUT2D eigenvalue weighted by Gasteiger charge is 2.23. The first kappa shape index (κ1) is 17.1. The summed E-state index contributed by atoms with van der Waals surface area (Å²) in [5, 5.41) is 3.22. The fourth-order valence-corrected chi connectivity index (χ4v) is 3.88. The van der Waals surface area contributed by atoms with Gasteiger partial charge in [-0.2, -0.15) is 4.40 Å². The molecule has 2 aromatic heterocycles. The van der Waals surface area contributed by atoms with Gasteiger partial charge in [-0.05, 0) is 29.8 Å². The molecule has 0 amide bonds. The van der Waals surface area contributed by atoms with Crippen LogP contribution in [0.2, 0.25) is 5.02 Å². The van der Waals surface area contributed by atoms with E-state index in [-0.39, 0.29) is 17.0 Å². The molecule has 0 saturated heterocycles. The number of benzene rings is 3. The topological polar surface area (TPSA) is 8.29 Å². The number of nitrogens with zero attached hydrogens (tertiary/aromatic N) is 2. The van der Waals surface area contributed by atoms with E-state index in [9.17, 15) is 0 Å². The average molecular weight is 424 g/mol. The number of para-hydroxylation sites is 2. The zero-order valence-corrected chi connectivity index (χ0v) is 16.5. The largest absolute Gasteiger partial charge is 1.00 e. The van der Waals surface area contributed by atoms with Gasteiger partial charge in [0.2, 0.25) is 0 Å². The van der Waals surface area contributed by atoms with Gasteiger partial charge in [0, 0.05) is 15.8 Å². The molecule has 5 aromatic rings. The maximum absolute atomic E-state index is 6.12. The molecule has 0 aliphatic carbocycles. The van der Waals surface area contributed by atoms with Crippen LogP contribution >= 0.6 is 11.6 Å². The van der Waals surface area contributed by atoms with Crippen LogP contribution in [-0.2, 0) is 7.05 Å². The third-order valence-electron chi connectivity index (χ3n) is 4.90. The van der Waals surface area contributed by atoms with Crippen LogP contribution in [-0.4, -0.2) is 4.40 Å². The Morgan fingerprint density at radius 3 is 2.35 bits per heavy atom. The Labute approximate surface area is 167 Å². The second-order valence-electron chi connectivity index (χ2n) is 6.34. The zero-order chi connectivity index (χ0) is 17.0. The molecule has 128 valence electrons. The fourth-order valence-electron chi connectivity index (χ4n) is 3.76. The quantitative estimate of drug-likeness (QED) is 0.366.